The Labute approximate surface area is 180 Å². The number of carbonyl (C=O) groups is 2. The van der Waals surface area contributed by atoms with Gasteiger partial charge in [-0.15, -0.1) is 0 Å². The maximum atomic E-state index is 11.6. The number of esters is 1. The van der Waals surface area contributed by atoms with Gasteiger partial charge in [0.1, 0.15) is 5.82 Å². The number of aliphatic carboxylic acids is 1. The molecule has 2 aromatic rings. The van der Waals surface area contributed by atoms with E-state index in [1.807, 2.05) is 19.1 Å². The molecular formula is C15H13KN4O4. The molecule has 2 rings (SSSR count). The van der Waals surface area contributed by atoms with Gasteiger partial charge < -0.3 is 14.6 Å². The van der Waals surface area contributed by atoms with Crippen LogP contribution in [0.5, 0.6) is 0 Å². The summed E-state index contributed by atoms with van der Waals surface area (Å²) >= 11 is 0. The zero-order chi connectivity index (χ0) is 17.0. The van der Waals surface area contributed by atoms with E-state index in [-0.39, 0.29) is 63.0 Å². The number of hydrogen-bond donors (Lipinski definition) is 1. The number of carboxylic acid groups (broad SMARTS) is 1. The van der Waals surface area contributed by atoms with Crippen molar-refractivity contribution in [1.29, 1.82) is 5.26 Å². The number of aryl methyl sites for hydroxylation is 1. The Balaban J connectivity index is 0.00000288. The normalized spacial score (nSPS) is 12.4. The molecule has 1 N–H and O–H groups in total. The Morgan fingerprint density at radius 3 is 2.46 bits per heavy atom. The van der Waals surface area contributed by atoms with Crippen LogP contribution in [-0.4, -0.2) is 34.2 Å². The summed E-state index contributed by atoms with van der Waals surface area (Å²) in [5.41, 5.74) is 1.72. The number of aromatic amines is 1. The predicted molar refractivity (Wildman–Crippen MR) is 75.4 cm³/mol. The number of rotatable bonds is 5. The van der Waals surface area contributed by atoms with Gasteiger partial charge in [-0.25, -0.2) is 4.98 Å². The van der Waals surface area contributed by atoms with Crippen LogP contribution in [0.15, 0.2) is 24.3 Å². The van der Waals surface area contributed by atoms with Crippen molar-refractivity contribution in [3.8, 4) is 17.5 Å². The molecule has 8 nitrogen and oxygen atoms in total. The Bertz CT molecular complexity index is 767. The number of aromatic nitrogens is 3. The third-order valence-electron chi connectivity index (χ3n) is 3.29. The van der Waals surface area contributed by atoms with Crippen LogP contribution in [0.25, 0.3) is 11.4 Å². The van der Waals surface area contributed by atoms with E-state index in [9.17, 15) is 14.7 Å². The molecule has 1 aromatic heterocycles. The van der Waals surface area contributed by atoms with Gasteiger partial charge in [-0.2, -0.15) is 10.4 Å². The molecule has 0 aliphatic heterocycles. The molecule has 0 amide bonds. The summed E-state index contributed by atoms with van der Waals surface area (Å²) in [6.45, 7) is 1.92. The van der Waals surface area contributed by atoms with Crippen molar-refractivity contribution in [1.82, 2.24) is 15.2 Å². The van der Waals surface area contributed by atoms with Gasteiger partial charge >= 0.3 is 57.4 Å². The molecule has 0 saturated carbocycles. The Morgan fingerprint density at radius 2 is 1.96 bits per heavy atom. The fourth-order valence-corrected chi connectivity index (χ4v) is 2.04. The minimum atomic E-state index is -1.62. The summed E-state index contributed by atoms with van der Waals surface area (Å²) in [7, 11) is 1.07. The molecule has 0 spiro atoms. The molecule has 0 fully saturated rings. The van der Waals surface area contributed by atoms with Crippen LogP contribution < -0.4 is 56.5 Å². The molecule has 0 aliphatic carbocycles. The third-order valence-corrected chi connectivity index (χ3v) is 3.29. The number of carboxylic acids is 1. The Kier molecular flexibility index (Phi) is 7.72. The van der Waals surface area contributed by atoms with Crippen molar-refractivity contribution in [3.05, 3.63) is 35.7 Å². The first-order valence-corrected chi connectivity index (χ1v) is 6.65. The van der Waals surface area contributed by atoms with Crippen LogP contribution in [0.4, 0.5) is 0 Å². The standard InChI is InChI=1S/C15H14N4O4.K/c1-8-3-5-9(6-4-8)12-17-13(19-18-12)11(14(20)21)10(7-16)15(22)23-2;/h3-6,10-11H,1-2H3,(H,20,21)(H,17,18,19);/q;+1/p-1. The van der Waals surface area contributed by atoms with Crippen LogP contribution in [0.2, 0.25) is 0 Å². The summed E-state index contributed by atoms with van der Waals surface area (Å²) in [5.74, 6) is -5.66. The molecule has 0 bridgehead atoms. The number of H-pyrrole nitrogens is 1. The minimum Gasteiger partial charge on any atom is -0.549 e. The second-order valence-corrected chi connectivity index (χ2v) is 4.84. The average Bonchev–Trinajstić information content (AvgIpc) is 3.01. The van der Waals surface area contributed by atoms with E-state index < -0.39 is 23.8 Å². The van der Waals surface area contributed by atoms with Crippen molar-refractivity contribution in [2.75, 3.05) is 7.11 Å². The molecule has 1 aromatic carbocycles. The van der Waals surface area contributed by atoms with Crippen LogP contribution in [0.1, 0.15) is 17.3 Å². The zero-order valence-corrected chi connectivity index (χ0v) is 16.6. The van der Waals surface area contributed by atoms with Crippen molar-refractivity contribution in [2.45, 2.75) is 12.8 Å². The van der Waals surface area contributed by atoms with Gasteiger partial charge in [0, 0.05) is 5.56 Å². The number of benzene rings is 1. The summed E-state index contributed by atoms with van der Waals surface area (Å²) < 4.78 is 4.45. The van der Waals surface area contributed by atoms with Crippen molar-refractivity contribution in [3.63, 3.8) is 0 Å². The van der Waals surface area contributed by atoms with Crippen LogP contribution in [-0.2, 0) is 14.3 Å². The van der Waals surface area contributed by atoms with Gasteiger partial charge in [-0.05, 0) is 6.92 Å². The maximum absolute atomic E-state index is 11.6. The molecule has 24 heavy (non-hydrogen) atoms. The molecule has 0 aliphatic rings. The first-order chi connectivity index (χ1) is 11.0. The summed E-state index contributed by atoms with van der Waals surface area (Å²) in [6, 6.07) is 8.87. The number of nitrogens with one attached hydrogen (secondary N) is 1. The molecule has 118 valence electrons. The number of carbonyl (C=O) groups excluding carboxylic acids is 2. The Hall–Kier alpha value is -1.57. The molecule has 1 heterocycles. The molecule has 9 heteroatoms. The van der Waals surface area contributed by atoms with Gasteiger partial charge in [0.05, 0.1) is 25.1 Å². The second-order valence-electron chi connectivity index (χ2n) is 4.84. The van der Waals surface area contributed by atoms with Gasteiger partial charge in [0.15, 0.2) is 11.7 Å². The van der Waals surface area contributed by atoms with E-state index in [2.05, 4.69) is 19.9 Å². The van der Waals surface area contributed by atoms with E-state index >= 15 is 0 Å². The number of hydrogen-bond acceptors (Lipinski definition) is 7. The fourth-order valence-electron chi connectivity index (χ4n) is 2.04. The summed E-state index contributed by atoms with van der Waals surface area (Å²) in [6.07, 6.45) is 0. The minimum absolute atomic E-state index is 0. The monoisotopic (exact) mass is 352 g/mol. The van der Waals surface area contributed by atoms with Gasteiger partial charge in [0.2, 0.25) is 0 Å². The van der Waals surface area contributed by atoms with E-state index in [0.29, 0.717) is 5.56 Å². The van der Waals surface area contributed by atoms with Gasteiger partial charge in [-0.1, -0.05) is 29.8 Å². The summed E-state index contributed by atoms with van der Waals surface area (Å²) in [4.78, 5) is 27.0. The molecule has 0 radical (unpaired) electrons. The van der Waals surface area contributed by atoms with Gasteiger partial charge in [-0.3, -0.25) is 9.89 Å². The number of nitrogens with zero attached hydrogens (tertiary/aromatic N) is 3. The average molecular weight is 352 g/mol. The first-order valence-electron chi connectivity index (χ1n) is 6.65. The first kappa shape index (κ1) is 20.5. The van der Waals surface area contributed by atoms with Crippen molar-refractivity contribution < 1.29 is 70.8 Å². The molecule has 2 unspecified atom stereocenters. The topological polar surface area (TPSA) is 132 Å². The Morgan fingerprint density at radius 1 is 1.33 bits per heavy atom. The van der Waals surface area contributed by atoms with Crippen LogP contribution in [0.3, 0.4) is 0 Å². The van der Waals surface area contributed by atoms with Crippen molar-refractivity contribution in [2.24, 2.45) is 5.92 Å². The van der Waals surface area contributed by atoms with Crippen molar-refractivity contribution >= 4 is 11.9 Å². The largest absolute Gasteiger partial charge is 1.00 e. The number of nitriles is 1. The number of ether oxygens (including phenoxy) is 1. The van der Waals surface area contributed by atoms with E-state index in [4.69, 9.17) is 5.26 Å². The quantitative estimate of drug-likeness (QED) is 0.446. The smallest absolute Gasteiger partial charge is 0.549 e. The zero-order valence-electron chi connectivity index (χ0n) is 13.4. The molecule has 2 atom stereocenters. The number of methoxy groups -OCH3 is 1. The van der Waals surface area contributed by atoms with E-state index in [1.54, 1.807) is 18.2 Å². The van der Waals surface area contributed by atoms with Gasteiger partial charge in [0.25, 0.3) is 0 Å². The third kappa shape index (κ3) is 4.49. The SMILES string of the molecule is COC(=O)C(C#N)C(C(=O)[O-])c1nc(-c2ccc(C)cc2)n[nH]1.[K+]. The van der Waals surface area contributed by atoms with E-state index in [0.717, 1.165) is 12.7 Å². The second kappa shape index (κ2) is 9.05. The summed E-state index contributed by atoms with van der Waals surface area (Å²) in [5, 5.41) is 26.8. The fraction of sp³-hybridized carbons (Fsp3) is 0.267. The van der Waals surface area contributed by atoms with E-state index in [1.165, 1.54) is 0 Å². The van der Waals surface area contributed by atoms with Crippen LogP contribution in [0, 0.1) is 24.2 Å². The maximum Gasteiger partial charge on any atom is 1.00 e. The predicted octanol–water partition coefficient (Wildman–Crippen LogP) is -3.07. The molecular weight excluding hydrogens is 339 g/mol. The molecule has 0 saturated heterocycles. The van der Waals surface area contributed by atoms with Crippen LogP contribution >= 0.6 is 0 Å².